The highest BCUT2D eigenvalue weighted by Crippen LogP contribution is 2.30. The number of benzene rings is 2. The van der Waals surface area contributed by atoms with Gasteiger partial charge in [-0.25, -0.2) is 0 Å². The lowest BCUT2D eigenvalue weighted by molar-refractivity contribution is -0.112. The summed E-state index contributed by atoms with van der Waals surface area (Å²) in [4.78, 5) is 12.4. The number of hydrogen-bond donors (Lipinski definition) is 1. The van der Waals surface area contributed by atoms with Crippen molar-refractivity contribution in [1.82, 2.24) is 0 Å². The maximum Gasteiger partial charge on any atom is 0.266 e. The first-order chi connectivity index (χ1) is 12.6. The van der Waals surface area contributed by atoms with E-state index in [1.165, 1.54) is 0 Å². The number of para-hydroxylation sites is 1. The van der Waals surface area contributed by atoms with Crippen molar-refractivity contribution in [3.8, 4) is 17.6 Å². The van der Waals surface area contributed by atoms with Gasteiger partial charge in [-0.2, -0.15) is 5.26 Å². The fourth-order valence-corrected chi connectivity index (χ4v) is 2.61. The lowest BCUT2D eigenvalue weighted by atomic mass is 10.0. The Morgan fingerprint density at radius 1 is 1.31 bits per heavy atom. The van der Waals surface area contributed by atoms with Crippen LogP contribution in [0.25, 0.3) is 6.08 Å². The number of aryl methyl sites for hydroxylation is 1. The summed E-state index contributed by atoms with van der Waals surface area (Å²) < 4.78 is 10.9. The fraction of sp³-hybridized carbons (Fsp3) is 0.143. The molecule has 0 aromatic heterocycles. The van der Waals surface area contributed by atoms with Crippen molar-refractivity contribution in [2.24, 2.45) is 0 Å². The number of methoxy groups -OCH3 is 1. The first-order valence-electron chi connectivity index (χ1n) is 8.11. The van der Waals surface area contributed by atoms with E-state index in [9.17, 15) is 10.1 Å². The molecule has 0 aliphatic carbocycles. The number of nitrogens with one attached hydrogen (secondary N) is 1. The standard InChI is InChI=1S/C21H18N2O3/c1-14-5-3-4-6-19(14)23-21(24)17(12-22)10-15-9-16-7-8-18(25-2)11-20(16)26-13-15/h3-11H,13H2,1-2H3,(H,23,24)/b17-10+. The lowest BCUT2D eigenvalue weighted by Crippen LogP contribution is -2.15. The molecule has 130 valence electrons. The van der Waals surface area contributed by atoms with Gasteiger partial charge < -0.3 is 14.8 Å². The van der Waals surface area contributed by atoms with E-state index in [1.807, 2.05) is 55.5 Å². The van der Waals surface area contributed by atoms with E-state index in [0.29, 0.717) is 17.2 Å². The molecule has 0 radical (unpaired) electrons. The maximum absolute atomic E-state index is 12.4. The number of carbonyl (C=O) groups is 1. The van der Waals surface area contributed by atoms with Crippen LogP contribution >= 0.6 is 0 Å². The Balaban J connectivity index is 1.82. The summed E-state index contributed by atoms with van der Waals surface area (Å²) in [5, 5.41) is 12.1. The molecule has 5 heteroatoms. The molecule has 1 aliphatic heterocycles. The number of carbonyl (C=O) groups excluding carboxylic acids is 1. The summed E-state index contributed by atoms with van der Waals surface area (Å²) >= 11 is 0. The minimum Gasteiger partial charge on any atom is -0.497 e. The van der Waals surface area contributed by atoms with Gasteiger partial charge in [0.05, 0.1) is 7.11 Å². The van der Waals surface area contributed by atoms with Crippen LogP contribution < -0.4 is 14.8 Å². The lowest BCUT2D eigenvalue weighted by Gasteiger charge is -2.17. The van der Waals surface area contributed by atoms with Gasteiger partial charge in [0, 0.05) is 17.3 Å². The third-order valence-corrected chi connectivity index (χ3v) is 4.04. The van der Waals surface area contributed by atoms with Gasteiger partial charge in [0.25, 0.3) is 5.91 Å². The third kappa shape index (κ3) is 3.76. The second-order valence-electron chi connectivity index (χ2n) is 5.85. The van der Waals surface area contributed by atoms with Gasteiger partial charge in [-0.1, -0.05) is 18.2 Å². The van der Waals surface area contributed by atoms with Gasteiger partial charge in [0.2, 0.25) is 0 Å². The molecule has 3 rings (SSSR count). The van der Waals surface area contributed by atoms with Crippen molar-refractivity contribution in [3.63, 3.8) is 0 Å². The zero-order valence-electron chi connectivity index (χ0n) is 14.6. The maximum atomic E-state index is 12.4. The van der Waals surface area contributed by atoms with Crippen LogP contribution in [-0.2, 0) is 4.79 Å². The van der Waals surface area contributed by atoms with Crippen LogP contribution in [-0.4, -0.2) is 19.6 Å². The second kappa shape index (κ2) is 7.58. The normalized spacial score (nSPS) is 13.0. The average molecular weight is 346 g/mol. The van der Waals surface area contributed by atoms with E-state index in [4.69, 9.17) is 9.47 Å². The van der Waals surface area contributed by atoms with Crippen LogP contribution in [0, 0.1) is 18.3 Å². The van der Waals surface area contributed by atoms with Crippen molar-refractivity contribution >= 4 is 17.7 Å². The molecule has 0 atom stereocenters. The number of rotatable bonds is 4. The summed E-state index contributed by atoms with van der Waals surface area (Å²) in [6.07, 6.45) is 3.46. The van der Waals surface area contributed by atoms with Crippen molar-refractivity contribution < 1.29 is 14.3 Å². The molecule has 2 aromatic rings. The van der Waals surface area contributed by atoms with Gasteiger partial charge in [-0.3, -0.25) is 4.79 Å². The van der Waals surface area contributed by atoms with E-state index in [1.54, 1.807) is 19.3 Å². The summed E-state index contributed by atoms with van der Waals surface area (Å²) in [6, 6.07) is 14.9. The largest absolute Gasteiger partial charge is 0.497 e. The molecule has 5 nitrogen and oxygen atoms in total. The van der Waals surface area contributed by atoms with E-state index < -0.39 is 5.91 Å². The highest BCUT2D eigenvalue weighted by atomic mass is 16.5. The molecular formula is C21H18N2O3. The van der Waals surface area contributed by atoms with Crippen LogP contribution in [0.4, 0.5) is 5.69 Å². The van der Waals surface area contributed by atoms with Crippen molar-refractivity contribution in [2.75, 3.05) is 19.0 Å². The topological polar surface area (TPSA) is 71.3 Å². The molecule has 0 fully saturated rings. The number of fused-ring (bicyclic) bond motifs is 1. The van der Waals surface area contributed by atoms with Crippen molar-refractivity contribution in [3.05, 3.63) is 70.8 Å². The van der Waals surface area contributed by atoms with Crippen LogP contribution in [0.1, 0.15) is 11.1 Å². The molecule has 0 saturated heterocycles. The highest BCUT2D eigenvalue weighted by Gasteiger charge is 2.15. The molecule has 26 heavy (non-hydrogen) atoms. The Hall–Kier alpha value is -3.52. The van der Waals surface area contributed by atoms with Gasteiger partial charge >= 0.3 is 0 Å². The Morgan fingerprint density at radius 3 is 2.85 bits per heavy atom. The van der Waals surface area contributed by atoms with Crippen LogP contribution in [0.5, 0.6) is 11.5 Å². The molecule has 1 N–H and O–H groups in total. The quantitative estimate of drug-likeness (QED) is 0.674. The Labute approximate surface area is 152 Å². The molecular weight excluding hydrogens is 328 g/mol. The number of nitrogens with zero attached hydrogens (tertiary/aromatic N) is 1. The molecule has 0 bridgehead atoms. The molecule has 1 aliphatic rings. The Kier molecular flexibility index (Phi) is 5.04. The summed E-state index contributed by atoms with van der Waals surface area (Å²) in [5.74, 6) is 0.985. The summed E-state index contributed by atoms with van der Waals surface area (Å²) in [5.41, 5.74) is 3.27. The molecule has 2 aromatic carbocycles. The smallest absolute Gasteiger partial charge is 0.266 e. The molecule has 0 spiro atoms. The number of ether oxygens (including phenoxy) is 2. The fourth-order valence-electron chi connectivity index (χ4n) is 2.61. The highest BCUT2D eigenvalue weighted by molar-refractivity contribution is 6.07. The molecule has 1 amide bonds. The predicted octanol–water partition coefficient (Wildman–Crippen LogP) is 3.87. The number of nitriles is 1. The van der Waals surface area contributed by atoms with Gasteiger partial charge in [0.1, 0.15) is 29.7 Å². The van der Waals surface area contributed by atoms with E-state index in [0.717, 1.165) is 16.7 Å². The van der Waals surface area contributed by atoms with E-state index in [-0.39, 0.29) is 12.2 Å². The zero-order valence-corrected chi connectivity index (χ0v) is 14.6. The molecule has 0 unspecified atom stereocenters. The van der Waals surface area contributed by atoms with E-state index >= 15 is 0 Å². The van der Waals surface area contributed by atoms with Gasteiger partial charge in [0.15, 0.2) is 0 Å². The average Bonchev–Trinajstić information content (AvgIpc) is 2.67. The summed E-state index contributed by atoms with van der Waals surface area (Å²) in [7, 11) is 1.60. The first-order valence-corrected chi connectivity index (χ1v) is 8.11. The van der Waals surface area contributed by atoms with Crippen LogP contribution in [0.3, 0.4) is 0 Å². The van der Waals surface area contributed by atoms with Crippen LogP contribution in [0.15, 0.2) is 59.7 Å². The predicted molar refractivity (Wildman–Crippen MR) is 100.0 cm³/mol. The monoisotopic (exact) mass is 346 g/mol. The van der Waals surface area contributed by atoms with Gasteiger partial charge in [-0.05, 0) is 48.4 Å². The number of hydrogen-bond acceptors (Lipinski definition) is 4. The Morgan fingerprint density at radius 2 is 2.12 bits per heavy atom. The minimum atomic E-state index is -0.441. The Bertz CT molecular complexity index is 952. The molecule has 1 heterocycles. The van der Waals surface area contributed by atoms with Crippen molar-refractivity contribution in [1.29, 1.82) is 5.26 Å². The zero-order chi connectivity index (χ0) is 18.5. The number of anilines is 1. The second-order valence-corrected chi connectivity index (χ2v) is 5.85. The third-order valence-electron chi connectivity index (χ3n) is 4.04. The van der Waals surface area contributed by atoms with Crippen LogP contribution in [0.2, 0.25) is 0 Å². The van der Waals surface area contributed by atoms with E-state index in [2.05, 4.69) is 5.32 Å². The minimum absolute atomic E-state index is 0.0278. The SMILES string of the molecule is COc1ccc2c(c1)OCC(/C=C(\C#N)C(=O)Nc1ccccc1C)=C2. The summed E-state index contributed by atoms with van der Waals surface area (Å²) in [6.45, 7) is 2.18. The first kappa shape index (κ1) is 17.3. The number of amides is 1. The molecule has 0 saturated carbocycles. The van der Waals surface area contributed by atoms with Gasteiger partial charge in [-0.15, -0.1) is 0 Å². The van der Waals surface area contributed by atoms with Crippen molar-refractivity contribution in [2.45, 2.75) is 6.92 Å².